The topological polar surface area (TPSA) is 87.8 Å². The van der Waals surface area contributed by atoms with Crippen molar-refractivity contribution in [2.45, 2.75) is 20.0 Å². The zero-order valence-electron chi connectivity index (χ0n) is 20.7. The average Bonchev–Trinajstić information content (AvgIpc) is 3.48. The number of fused-ring (bicyclic) bond motifs is 1. The number of furan rings is 1. The van der Waals surface area contributed by atoms with Gasteiger partial charge in [-0.3, -0.25) is 14.4 Å². The van der Waals surface area contributed by atoms with Crippen molar-refractivity contribution in [2.75, 3.05) is 31.1 Å². The molecule has 0 aliphatic carbocycles. The summed E-state index contributed by atoms with van der Waals surface area (Å²) in [6.45, 7) is 3.78. The first-order valence-corrected chi connectivity index (χ1v) is 12.3. The van der Waals surface area contributed by atoms with Crippen molar-refractivity contribution in [3.05, 3.63) is 99.7 Å². The smallest absolute Gasteiger partial charge is 0.289 e. The van der Waals surface area contributed by atoms with Crippen LogP contribution in [0.25, 0.3) is 10.9 Å². The van der Waals surface area contributed by atoms with Crippen LogP contribution in [0.5, 0.6) is 0 Å². The molecule has 4 aromatic rings. The number of anilines is 1. The van der Waals surface area contributed by atoms with Gasteiger partial charge in [-0.2, -0.15) is 0 Å². The Morgan fingerprint density at radius 3 is 2.45 bits per heavy atom. The number of hydrogen-bond donors (Lipinski definition) is 1. The molecule has 2 aromatic carbocycles. The predicted octanol–water partition coefficient (Wildman–Crippen LogP) is 3.79. The summed E-state index contributed by atoms with van der Waals surface area (Å²) in [5, 5.41) is 2.66. The second-order valence-corrected chi connectivity index (χ2v) is 9.01. The van der Waals surface area contributed by atoms with Gasteiger partial charge in [0.05, 0.1) is 17.5 Å². The maximum atomic E-state index is 15.3. The summed E-state index contributed by atoms with van der Waals surface area (Å²) >= 11 is 0. The maximum absolute atomic E-state index is 15.3. The molecule has 1 fully saturated rings. The summed E-state index contributed by atoms with van der Waals surface area (Å²) in [5.74, 6) is -1.67. The molecule has 5 rings (SSSR count). The number of benzene rings is 2. The van der Waals surface area contributed by atoms with Gasteiger partial charge in [-0.25, -0.2) is 8.78 Å². The molecule has 10 heteroatoms. The van der Waals surface area contributed by atoms with E-state index in [0.29, 0.717) is 49.5 Å². The van der Waals surface area contributed by atoms with Crippen molar-refractivity contribution < 1.29 is 22.8 Å². The number of nitrogens with zero attached hydrogens (tertiary/aromatic N) is 3. The fourth-order valence-electron chi connectivity index (χ4n) is 4.68. The summed E-state index contributed by atoms with van der Waals surface area (Å²) in [7, 11) is 0. The van der Waals surface area contributed by atoms with Crippen molar-refractivity contribution in [3.63, 3.8) is 0 Å². The fraction of sp³-hybridized carbons (Fsp3) is 0.250. The Morgan fingerprint density at radius 2 is 1.76 bits per heavy atom. The van der Waals surface area contributed by atoms with Crippen LogP contribution >= 0.6 is 0 Å². The second kappa shape index (κ2) is 10.5. The molecule has 0 bridgehead atoms. The first-order chi connectivity index (χ1) is 18.4. The minimum absolute atomic E-state index is 0.0817. The molecule has 8 nitrogen and oxygen atoms in total. The first kappa shape index (κ1) is 25.2. The highest BCUT2D eigenvalue weighted by atomic mass is 19.1. The highest BCUT2D eigenvalue weighted by Gasteiger charge is 2.26. The number of aromatic nitrogens is 1. The molecule has 0 saturated carbocycles. The quantitative estimate of drug-likeness (QED) is 0.418. The van der Waals surface area contributed by atoms with E-state index in [2.05, 4.69) is 5.32 Å². The Labute approximate surface area is 217 Å². The lowest BCUT2D eigenvalue weighted by molar-refractivity contribution is 0.0714. The fourth-order valence-corrected chi connectivity index (χ4v) is 4.68. The van der Waals surface area contributed by atoms with Gasteiger partial charge in [-0.05, 0) is 37.3 Å². The number of halogens is 2. The zero-order valence-corrected chi connectivity index (χ0v) is 20.7. The Morgan fingerprint density at radius 1 is 1.00 bits per heavy atom. The molecule has 1 N–H and O–H groups in total. The predicted molar refractivity (Wildman–Crippen MR) is 138 cm³/mol. The third-order valence-electron chi connectivity index (χ3n) is 6.77. The third-order valence-corrected chi connectivity index (χ3v) is 6.77. The van der Waals surface area contributed by atoms with Crippen LogP contribution < -0.4 is 15.6 Å². The van der Waals surface area contributed by atoms with E-state index in [1.165, 1.54) is 18.5 Å². The molecule has 38 heavy (non-hydrogen) atoms. The number of rotatable bonds is 6. The number of aryl methyl sites for hydroxylation is 1. The van der Waals surface area contributed by atoms with E-state index in [0.717, 1.165) is 6.07 Å². The number of amides is 2. The SMILES string of the molecule is CCn1cc(C(=O)NCc2ccccc2F)c(=O)c2cc(F)c(N3CCN(C(=O)c4ccco4)CC3)cc21. The van der Waals surface area contributed by atoms with Crippen molar-refractivity contribution >= 4 is 28.4 Å². The molecule has 0 radical (unpaired) electrons. The van der Waals surface area contributed by atoms with Crippen molar-refractivity contribution in [2.24, 2.45) is 0 Å². The average molecular weight is 521 g/mol. The van der Waals surface area contributed by atoms with Gasteiger partial charge >= 0.3 is 0 Å². The highest BCUT2D eigenvalue weighted by Crippen LogP contribution is 2.27. The zero-order chi connectivity index (χ0) is 26.8. The van der Waals surface area contributed by atoms with Crippen LogP contribution in [0, 0.1) is 11.6 Å². The van der Waals surface area contributed by atoms with Gasteiger partial charge in [0.25, 0.3) is 11.8 Å². The van der Waals surface area contributed by atoms with E-state index in [1.54, 1.807) is 45.9 Å². The number of hydrogen-bond acceptors (Lipinski definition) is 5. The first-order valence-electron chi connectivity index (χ1n) is 12.3. The molecule has 2 aromatic heterocycles. The van der Waals surface area contributed by atoms with Crippen LogP contribution in [0.1, 0.15) is 33.4 Å². The molecule has 0 unspecified atom stereocenters. The summed E-state index contributed by atoms with van der Waals surface area (Å²) < 4.78 is 36.1. The summed E-state index contributed by atoms with van der Waals surface area (Å²) in [5.41, 5.74) is 0.358. The molecule has 196 valence electrons. The van der Waals surface area contributed by atoms with Crippen LogP contribution in [-0.2, 0) is 13.1 Å². The molecular formula is C28H26F2N4O4. The van der Waals surface area contributed by atoms with E-state index in [9.17, 15) is 18.8 Å². The van der Waals surface area contributed by atoms with Gasteiger partial charge in [-0.1, -0.05) is 18.2 Å². The van der Waals surface area contributed by atoms with E-state index >= 15 is 4.39 Å². The normalized spacial score (nSPS) is 13.7. The van der Waals surface area contributed by atoms with Crippen LogP contribution in [0.15, 0.2) is 70.2 Å². The van der Waals surface area contributed by atoms with Gasteiger partial charge < -0.3 is 24.1 Å². The van der Waals surface area contributed by atoms with Crippen molar-refractivity contribution in [1.82, 2.24) is 14.8 Å². The van der Waals surface area contributed by atoms with Gasteiger partial charge in [-0.15, -0.1) is 0 Å². The van der Waals surface area contributed by atoms with E-state index < -0.39 is 23.0 Å². The number of carbonyl (C=O) groups excluding carboxylic acids is 2. The molecule has 1 saturated heterocycles. The molecule has 1 aliphatic heterocycles. The number of piperazine rings is 1. The van der Waals surface area contributed by atoms with Crippen LogP contribution in [0.2, 0.25) is 0 Å². The summed E-state index contributed by atoms with van der Waals surface area (Å²) in [6.07, 6.45) is 2.89. The lowest BCUT2D eigenvalue weighted by atomic mass is 10.1. The maximum Gasteiger partial charge on any atom is 0.289 e. The van der Waals surface area contributed by atoms with Crippen LogP contribution in [0.4, 0.5) is 14.5 Å². The van der Waals surface area contributed by atoms with Crippen LogP contribution in [0.3, 0.4) is 0 Å². The van der Waals surface area contributed by atoms with Gasteiger partial charge in [0.15, 0.2) is 5.76 Å². The molecular weight excluding hydrogens is 494 g/mol. The number of carbonyl (C=O) groups is 2. The minimum Gasteiger partial charge on any atom is -0.459 e. The molecule has 3 heterocycles. The van der Waals surface area contributed by atoms with E-state index in [-0.39, 0.29) is 29.2 Å². The van der Waals surface area contributed by atoms with Gasteiger partial charge in [0.2, 0.25) is 5.43 Å². The van der Waals surface area contributed by atoms with Crippen LogP contribution in [-0.4, -0.2) is 47.5 Å². The number of nitrogens with one attached hydrogen (secondary N) is 1. The Kier molecular flexibility index (Phi) is 6.95. The van der Waals surface area contributed by atoms with Gasteiger partial charge in [0.1, 0.15) is 17.2 Å². The van der Waals surface area contributed by atoms with Crippen molar-refractivity contribution in [3.8, 4) is 0 Å². The standard InChI is InChI=1S/C28H26F2N4O4/c1-2-32-17-20(27(36)31-16-18-6-3-4-7-21(18)29)26(35)19-14-22(30)24(15-23(19)32)33-9-11-34(12-10-33)28(37)25-8-5-13-38-25/h3-8,13-15,17H,2,9-12,16H2,1H3,(H,31,36). The lowest BCUT2D eigenvalue weighted by Crippen LogP contribution is -2.49. The second-order valence-electron chi connectivity index (χ2n) is 9.01. The lowest BCUT2D eigenvalue weighted by Gasteiger charge is -2.36. The number of pyridine rings is 1. The van der Waals surface area contributed by atoms with E-state index in [1.807, 2.05) is 11.8 Å². The minimum atomic E-state index is -0.663. The summed E-state index contributed by atoms with van der Waals surface area (Å²) in [6, 6.07) is 12.1. The Bertz CT molecular complexity index is 1560. The largest absolute Gasteiger partial charge is 0.459 e. The molecule has 0 spiro atoms. The highest BCUT2D eigenvalue weighted by molar-refractivity contribution is 5.98. The van der Waals surface area contributed by atoms with Crippen molar-refractivity contribution in [1.29, 1.82) is 0 Å². The Hall–Kier alpha value is -4.47. The third kappa shape index (κ3) is 4.77. The molecule has 2 amide bonds. The Balaban J connectivity index is 1.39. The van der Waals surface area contributed by atoms with Gasteiger partial charge in [0, 0.05) is 56.4 Å². The summed E-state index contributed by atoms with van der Waals surface area (Å²) in [4.78, 5) is 42.1. The van der Waals surface area contributed by atoms with E-state index in [4.69, 9.17) is 4.42 Å². The molecule has 0 atom stereocenters. The molecule has 1 aliphatic rings. The monoisotopic (exact) mass is 520 g/mol.